The molecular formula is C27H27N5O2. The maximum Gasteiger partial charge on any atom is 0.271 e. The number of carbonyl (C=O) groups is 2. The van der Waals surface area contributed by atoms with Crippen molar-refractivity contribution in [3.63, 3.8) is 0 Å². The van der Waals surface area contributed by atoms with Crippen LogP contribution >= 0.6 is 0 Å². The molecule has 5 rings (SSSR count). The molecule has 0 bridgehead atoms. The number of rotatable bonds is 6. The Kier molecular flexibility index (Phi) is 6.08. The Bertz CT molecular complexity index is 1360. The summed E-state index contributed by atoms with van der Waals surface area (Å²) in [5.41, 5.74) is 4.84. The van der Waals surface area contributed by atoms with Gasteiger partial charge in [0.1, 0.15) is 5.69 Å². The number of H-pyrrole nitrogens is 1. The van der Waals surface area contributed by atoms with Crippen LogP contribution in [0.3, 0.4) is 0 Å². The second-order valence-electron chi connectivity index (χ2n) is 8.75. The lowest BCUT2D eigenvalue weighted by Crippen LogP contribution is -2.38. The highest BCUT2D eigenvalue weighted by atomic mass is 16.2. The molecule has 3 N–H and O–H groups in total. The number of nitrogens with zero attached hydrogens (tertiary/aromatic N) is 2. The fourth-order valence-electron chi connectivity index (χ4n) is 4.63. The first-order chi connectivity index (χ1) is 16.6. The van der Waals surface area contributed by atoms with Gasteiger partial charge in [0.05, 0.1) is 17.9 Å². The van der Waals surface area contributed by atoms with Crippen LogP contribution in [0.5, 0.6) is 0 Å². The van der Waals surface area contributed by atoms with Crippen LogP contribution in [0.15, 0.2) is 61.2 Å². The second-order valence-corrected chi connectivity index (χ2v) is 8.75. The molecule has 7 nitrogen and oxygen atoms in total. The van der Waals surface area contributed by atoms with Gasteiger partial charge in [-0.2, -0.15) is 0 Å². The van der Waals surface area contributed by atoms with Gasteiger partial charge in [-0.05, 0) is 66.1 Å². The van der Waals surface area contributed by atoms with Crippen LogP contribution in [-0.4, -0.2) is 33.3 Å². The number of carbonyl (C=O) groups excluding carboxylic acids is 2. The number of hydrogen-bond donors (Lipinski definition) is 3. The summed E-state index contributed by atoms with van der Waals surface area (Å²) in [6.07, 6.45) is 9.06. The van der Waals surface area contributed by atoms with Gasteiger partial charge in [-0.3, -0.25) is 14.6 Å². The van der Waals surface area contributed by atoms with Crippen molar-refractivity contribution < 1.29 is 9.59 Å². The van der Waals surface area contributed by atoms with Gasteiger partial charge in [-0.1, -0.05) is 36.4 Å². The Hall–Kier alpha value is -4.00. The summed E-state index contributed by atoms with van der Waals surface area (Å²) in [5, 5.41) is 8.29. The molecule has 2 aromatic carbocycles. The summed E-state index contributed by atoms with van der Waals surface area (Å²) in [5.74, 6) is -0.452. The average Bonchev–Trinajstić information content (AvgIpc) is 3.31. The van der Waals surface area contributed by atoms with Crippen LogP contribution in [0.1, 0.15) is 62.1 Å². The monoisotopic (exact) mass is 453 g/mol. The predicted octanol–water partition coefficient (Wildman–Crippen LogP) is 4.05. The molecule has 0 fully saturated rings. The molecule has 0 saturated heterocycles. The van der Waals surface area contributed by atoms with Gasteiger partial charge in [0.25, 0.3) is 11.8 Å². The van der Waals surface area contributed by atoms with E-state index < -0.39 is 6.04 Å². The molecule has 1 aliphatic carbocycles. The van der Waals surface area contributed by atoms with Crippen LogP contribution in [0.25, 0.3) is 10.8 Å². The second kappa shape index (κ2) is 9.47. The molecule has 172 valence electrons. The number of pyridine rings is 1. The highest BCUT2D eigenvalue weighted by Crippen LogP contribution is 2.25. The summed E-state index contributed by atoms with van der Waals surface area (Å²) in [7, 11) is 0. The third kappa shape index (κ3) is 4.41. The Morgan fingerprint density at radius 1 is 1.03 bits per heavy atom. The van der Waals surface area contributed by atoms with E-state index in [1.54, 1.807) is 13.1 Å². The summed E-state index contributed by atoms with van der Waals surface area (Å²) in [6.45, 7) is 2.04. The zero-order valence-electron chi connectivity index (χ0n) is 19.1. The highest BCUT2D eigenvalue weighted by Gasteiger charge is 2.23. The molecule has 0 aliphatic heterocycles. The zero-order chi connectivity index (χ0) is 23.5. The van der Waals surface area contributed by atoms with Crippen molar-refractivity contribution in [2.24, 2.45) is 0 Å². The largest absolute Gasteiger partial charge is 0.348 e. The number of amides is 2. The minimum atomic E-state index is -0.417. The van der Waals surface area contributed by atoms with E-state index in [-0.39, 0.29) is 18.4 Å². The summed E-state index contributed by atoms with van der Waals surface area (Å²) in [6, 6.07) is 13.8. The number of nitrogens with one attached hydrogen (secondary N) is 3. The zero-order valence-corrected chi connectivity index (χ0v) is 19.1. The number of aromatic amines is 1. The highest BCUT2D eigenvalue weighted by molar-refractivity contribution is 5.96. The summed E-state index contributed by atoms with van der Waals surface area (Å²) >= 11 is 0. The van der Waals surface area contributed by atoms with Gasteiger partial charge in [0, 0.05) is 24.6 Å². The number of hydrogen-bond acceptors (Lipinski definition) is 4. The normalized spacial score (nSPS) is 13.8. The minimum Gasteiger partial charge on any atom is -0.348 e. The smallest absolute Gasteiger partial charge is 0.271 e. The summed E-state index contributed by atoms with van der Waals surface area (Å²) in [4.78, 5) is 37.5. The van der Waals surface area contributed by atoms with Crippen molar-refractivity contribution >= 4 is 22.6 Å². The van der Waals surface area contributed by atoms with Crippen LogP contribution in [0.4, 0.5) is 0 Å². The Morgan fingerprint density at radius 3 is 2.68 bits per heavy atom. The van der Waals surface area contributed by atoms with Crippen LogP contribution in [0.2, 0.25) is 0 Å². The predicted molar refractivity (Wildman–Crippen MR) is 131 cm³/mol. The number of benzene rings is 2. The molecule has 2 aromatic heterocycles. The third-order valence-corrected chi connectivity index (χ3v) is 6.51. The summed E-state index contributed by atoms with van der Waals surface area (Å²) < 4.78 is 0. The molecule has 2 heterocycles. The lowest BCUT2D eigenvalue weighted by atomic mass is 9.90. The van der Waals surface area contributed by atoms with Gasteiger partial charge in [0.2, 0.25) is 0 Å². The van der Waals surface area contributed by atoms with Crippen molar-refractivity contribution in [2.45, 2.75) is 38.6 Å². The van der Waals surface area contributed by atoms with Crippen LogP contribution in [0, 0.1) is 6.92 Å². The third-order valence-electron chi connectivity index (χ3n) is 6.51. The van der Waals surface area contributed by atoms with Gasteiger partial charge >= 0.3 is 0 Å². The number of aryl methyl sites for hydroxylation is 2. The van der Waals surface area contributed by atoms with E-state index in [0.29, 0.717) is 17.0 Å². The van der Waals surface area contributed by atoms with Gasteiger partial charge in [-0.15, -0.1) is 0 Å². The first-order valence-corrected chi connectivity index (χ1v) is 11.6. The topological polar surface area (TPSA) is 99.8 Å². The lowest BCUT2D eigenvalue weighted by molar-refractivity contribution is 0.0905. The Morgan fingerprint density at radius 2 is 1.85 bits per heavy atom. The Labute approximate surface area is 198 Å². The van der Waals surface area contributed by atoms with Crippen LogP contribution in [-0.2, 0) is 12.8 Å². The first kappa shape index (κ1) is 21.8. The van der Waals surface area contributed by atoms with Crippen molar-refractivity contribution in [3.8, 4) is 0 Å². The average molecular weight is 454 g/mol. The SMILES string of the molecule is Cc1[nH]cnc1C(=O)NCC(NC(=O)c1cncc2c1CCCC2)c1ccc2ccccc2c1. The van der Waals surface area contributed by atoms with E-state index in [2.05, 4.69) is 37.7 Å². The van der Waals surface area contributed by atoms with E-state index in [1.807, 2.05) is 36.5 Å². The van der Waals surface area contributed by atoms with Gasteiger partial charge in [-0.25, -0.2) is 4.98 Å². The van der Waals surface area contributed by atoms with E-state index >= 15 is 0 Å². The van der Waals surface area contributed by atoms with Crippen molar-refractivity contribution in [1.82, 2.24) is 25.6 Å². The fraction of sp³-hybridized carbons (Fsp3) is 0.259. The van der Waals surface area contributed by atoms with Gasteiger partial charge in [0.15, 0.2) is 0 Å². The van der Waals surface area contributed by atoms with E-state index in [9.17, 15) is 9.59 Å². The lowest BCUT2D eigenvalue weighted by Gasteiger charge is -2.23. The van der Waals surface area contributed by atoms with Crippen molar-refractivity contribution in [3.05, 3.63) is 94.8 Å². The first-order valence-electron chi connectivity index (χ1n) is 11.6. The molecule has 1 unspecified atom stereocenters. The molecular weight excluding hydrogens is 426 g/mol. The molecule has 0 radical (unpaired) electrons. The maximum absolute atomic E-state index is 13.4. The molecule has 0 spiro atoms. The maximum atomic E-state index is 13.4. The van der Waals surface area contributed by atoms with Gasteiger partial charge < -0.3 is 15.6 Å². The van der Waals surface area contributed by atoms with E-state index in [1.165, 1.54) is 6.33 Å². The molecule has 34 heavy (non-hydrogen) atoms. The van der Waals surface area contributed by atoms with Crippen LogP contribution < -0.4 is 10.6 Å². The molecule has 2 amide bonds. The quantitative estimate of drug-likeness (QED) is 0.410. The van der Waals surface area contributed by atoms with Crippen molar-refractivity contribution in [1.29, 1.82) is 0 Å². The van der Waals surface area contributed by atoms with E-state index in [0.717, 1.165) is 53.1 Å². The molecule has 1 atom stereocenters. The van der Waals surface area contributed by atoms with E-state index in [4.69, 9.17) is 0 Å². The fourth-order valence-corrected chi connectivity index (χ4v) is 4.63. The number of aromatic nitrogens is 3. The Balaban J connectivity index is 1.43. The number of fused-ring (bicyclic) bond motifs is 2. The molecule has 0 saturated carbocycles. The van der Waals surface area contributed by atoms with Crippen molar-refractivity contribution in [2.75, 3.05) is 6.54 Å². The number of imidazole rings is 1. The minimum absolute atomic E-state index is 0.172. The standard InChI is InChI=1S/C27H27N5O2/c1-17-25(31-16-30-17)27(34)29-15-24(20-11-10-18-6-2-3-7-19(18)12-20)32-26(33)23-14-28-13-21-8-4-5-9-22(21)23/h2-3,6-7,10-14,16,24H,4-5,8-9,15H2,1H3,(H,29,34)(H,30,31)(H,32,33). The molecule has 4 aromatic rings. The molecule has 1 aliphatic rings. The molecule has 7 heteroatoms.